The molecule has 3 nitrogen and oxygen atoms in total. The van der Waals surface area contributed by atoms with Gasteiger partial charge in [0, 0.05) is 11.8 Å². The summed E-state index contributed by atoms with van der Waals surface area (Å²) in [6.07, 6.45) is 0.988. The highest BCUT2D eigenvalue weighted by atomic mass is 32.2. The lowest BCUT2D eigenvalue weighted by Crippen LogP contribution is -2.20. The zero-order valence-corrected chi connectivity index (χ0v) is 12.5. The Labute approximate surface area is 117 Å². The quantitative estimate of drug-likeness (QED) is 0.751. The molecule has 0 fully saturated rings. The summed E-state index contributed by atoms with van der Waals surface area (Å²) in [7, 11) is -1.36. The highest BCUT2D eigenvalue weighted by molar-refractivity contribution is 7.89. The molecule has 19 heavy (non-hydrogen) atoms. The number of carbonyl (C=O) groups is 1. The van der Waals surface area contributed by atoms with E-state index >= 15 is 0 Å². The number of hydrogen-bond acceptors (Lipinski definition) is 3. The fourth-order valence-electron chi connectivity index (χ4n) is 1.68. The van der Waals surface area contributed by atoms with Crippen LogP contribution in [-0.2, 0) is 20.3 Å². The molecule has 1 aromatic rings. The van der Waals surface area contributed by atoms with Gasteiger partial charge in [-0.3, -0.25) is 4.79 Å². The summed E-state index contributed by atoms with van der Waals surface area (Å²) in [5.74, 6) is -0.375. The third-order valence-electron chi connectivity index (χ3n) is 2.69. The first-order chi connectivity index (χ1) is 8.95. The maximum absolute atomic E-state index is 12.4. The van der Waals surface area contributed by atoms with Crippen LogP contribution in [0.25, 0.3) is 0 Å². The number of rotatable bonds is 6. The average molecular weight is 280 g/mol. The summed E-state index contributed by atoms with van der Waals surface area (Å²) in [5, 5.41) is 0. The molecule has 0 saturated heterocycles. The molecule has 0 aliphatic carbocycles. The molecule has 4 heteroatoms. The number of esters is 1. The zero-order valence-electron chi connectivity index (χ0n) is 11.6. The van der Waals surface area contributed by atoms with Gasteiger partial charge in [0.05, 0.1) is 15.7 Å². The molecular formula is C15H20O3S. The van der Waals surface area contributed by atoms with Crippen molar-refractivity contribution in [1.82, 2.24) is 0 Å². The van der Waals surface area contributed by atoms with Gasteiger partial charge in [-0.2, -0.15) is 0 Å². The lowest BCUT2D eigenvalue weighted by atomic mass is 10.2. The van der Waals surface area contributed by atoms with Crippen molar-refractivity contribution in [3.05, 3.63) is 41.3 Å². The second-order valence-corrected chi connectivity index (χ2v) is 5.97. The number of benzene rings is 1. The van der Waals surface area contributed by atoms with Gasteiger partial charge in [0.2, 0.25) is 0 Å². The van der Waals surface area contributed by atoms with Crippen molar-refractivity contribution in [1.29, 1.82) is 0 Å². The minimum atomic E-state index is -1.36. The molecule has 0 aromatic heterocycles. The first kappa shape index (κ1) is 15.6. The summed E-state index contributed by atoms with van der Waals surface area (Å²) in [5.41, 5.74) is 1.11. The monoisotopic (exact) mass is 280 g/mol. The third kappa shape index (κ3) is 4.63. The normalized spacial score (nSPS) is 13.6. The van der Waals surface area contributed by atoms with Crippen LogP contribution in [-0.4, -0.2) is 16.3 Å². The molecule has 0 saturated carbocycles. The van der Waals surface area contributed by atoms with E-state index in [2.05, 4.69) is 6.58 Å². The second-order valence-electron chi connectivity index (χ2n) is 4.43. The van der Waals surface area contributed by atoms with E-state index in [0.717, 1.165) is 12.0 Å². The van der Waals surface area contributed by atoms with Crippen molar-refractivity contribution in [2.45, 2.75) is 44.6 Å². The zero-order chi connectivity index (χ0) is 14.4. The first-order valence-electron chi connectivity index (χ1n) is 6.30. The minimum absolute atomic E-state index is 0.375. The maximum atomic E-state index is 12.4. The first-order valence-corrected chi connectivity index (χ1v) is 7.45. The number of ether oxygens (including phenoxy) is 1. The van der Waals surface area contributed by atoms with Gasteiger partial charge >= 0.3 is 5.97 Å². The van der Waals surface area contributed by atoms with Gasteiger partial charge in [0.15, 0.2) is 0 Å². The van der Waals surface area contributed by atoms with Crippen molar-refractivity contribution in [3.8, 4) is 0 Å². The van der Waals surface area contributed by atoms with Crippen molar-refractivity contribution in [2.75, 3.05) is 0 Å². The van der Waals surface area contributed by atoms with Gasteiger partial charge < -0.3 is 4.74 Å². The molecule has 0 N–H and O–H groups in total. The van der Waals surface area contributed by atoms with Crippen LogP contribution in [0.3, 0.4) is 0 Å². The summed E-state index contributed by atoms with van der Waals surface area (Å²) >= 11 is 0. The Morgan fingerprint density at radius 1 is 1.37 bits per heavy atom. The van der Waals surface area contributed by atoms with Gasteiger partial charge in [-0.1, -0.05) is 37.6 Å². The second kappa shape index (κ2) is 7.24. The van der Waals surface area contributed by atoms with E-state index in [0.29, 0.717) is 16.2 Å². The van der Waals surface area contributed by atoms with Crippen LogP contribution in [0.5, 0.6) is 0 Å². The molecule has 0 radical (unpaired) electrons. The summed E-state index contributed by atoms with van der Waals surface area (Å²) in [6.45, 7) is 9.16. The van der Waals surface area contributed by atoms with Crippen molar-refractivity contribution in [2.24, 2.45) is 0 Å². The Morgan fingerprint density at radius 2 is 1.95 bits per heavy atom. The van der Waals surface area contributed by atoms with Crippen molar-refractivity contribution in [3.63, 3.8) is 0 Å². The lowest BCUT2D eigenvalue weighted by molar-refractivity contribution is -0.144. The van der Waals surface area contributed by atoms with Gasteiger partial charge in [-0.15, -0.1) is 0 Å². The fourth-order valence-corrected chi connectivity index (χ4v) is 2.77. The van der Waals surface area contributed by atoms with E-state index in [-0.39, 0.29) is 5.97 Å². The van der Waals surface area contributed by atoms with Crippen LogP contribution in [0.4, 0.5) is 0 Å². The molecule has 0 aliphatic rings. The van der Waals surface area contributed by atoms with Crippen LogP contribution < -0.4 is 0 Å². The SMILES string of the molecule is C=C(C(CCC)OC(C)=O)S(=O)c1ccc(C)cc1. The predicted octanol–water partition coefficient (Wildman–Crippen LogP) is 3.35. The summed E-state index contributed by atoms with van der Waals surface area (Å²) in [4.78, 5) is 12.2. The molecule has 0 bridgehead atoms. The molecule has 0 amide bonds. The standard InChI is InChI=1S/C15H20O3S/c1-5-6-15(18-13(4)16)12(3)19(17)14-9-7-11(2)8-10-14/h7-10,15H,3,5-6H2,1-2,4H3. The highest BCUT2D eigenvalue weighted by Gasteiger charge is 2.21. The van der Waals surface area contributed by atoms with E-state index in [4.69, 9.17) is 4.74 Å². The van der Waals surface area contributed by atoms with Crippen LogP contribution >= 0.6 is 0 Å². The fraction of sp³-hybridized carbons (Fsp3) is 0.400. The molecule has 0 spiro atoms. The maximum Gasteiger partial charge on any atom is 0.303 e. The Balaban J connectivity index is 2.86. The number of carbonyl (C=O) groups excluding carboxylic acids is 1. The smallest absolute Gasteiger partial charge is 0.303 e. The van der Waals surface area contributed by atoms with Gasteiger partial charge in [-0.05, 0) is 25.5 Å². The van der Waals surface area contributed by atoms with Gasteiger partial charge in [0.1, 0.15) is 6.10 Å². The average Bonchev–Trinajstić information content (AvgIpc) is 2.37. The summed E-state index contributed by atoms with van der Waals surface area (Å²) < 4.78 is 17.6. The van der Waals surface area contributed by atoms with E-state index in [1.54, 1.807) is 0 Å². The van der Waals surface area contributed by atoms with Gasteiger partial charge in [0.25, 0.3) is 0 Å². The van der Waals surface area contributed by atoms with Gasteiger partial charge in [-0.25, -0.2) is 4.21 Å². The molecule has 104 valence electrons. The molecule has 1 aromatic carbocycles. The third-order valence-corrected chi connectivity index (χ3v) is 4.13. The highest BCUT2D eigenvalue weighted by Crippen LogP contribution is 2.21. The predicted molar refractivity (Wildman–Crippen MR) is 77.2 cm³/mol. The Kier molecular flexibility index (Phi) is 5.96. The summed E-state index contributed by atoms with van der Waals surface area (Å²) in [6, 6.07) is 7.43. The largest absolute Gasteiger partial charge is 0.457 e. The molecular weight excluding hydrogens is 260 g/mol. The number of aryl methyl sites for hydroxylation is 1. The van der Waals surface area contributed by atoms with Crippen molar-refractivity contribution < 1.29 is 13.7 Å². The van der Waals surface area contributed by atoms with Crippen LogP contribution in [0.15, 0.2) is 40.6 Å². The van der Waals surface area contributed by atoms with E-state index in [1.807, 2.05) is 38.1 Å². The number of hydrogen-bond donors (Lipinski definition) is 0. The van der Waals surface area contributed by atoms with E-state index < -0.39 is 16.9 Å². The molecule has 0 heterocycles. The van der Waals surface area contributed by atoms with Crippen LogP contribution in [0.2, 0.25) is 0 Å². The Bertz CT molecular complexity index is 477. The minimum Gasteiger partial charge on any atom is -0.457 e. The molecule has 0 aliphatic heterocycles. The lowest BCUT2D eigenvalue weighted by Gasteiger charge is -2.18. The van der Waals surface area contributed by atoms with Crippen molar-refractivity contribution >= 4 is 16.8 Å². The Morgan fingerprint density at radius 3 is 2.42 bits per heavy atom. The van der Waals surface area contributed by atoms with E-state index in [9.17, 15) is 9.00 Å². The van der Waals surface area contributed by atoms with Crippen LogP contribution in [0, 0.1) is 6.92 Å². The molecule has 1 rings (SSSR count). The topological polar surface area (TPSA) is 43.4 Å². The molecule has 2 unspecified atom stereocenters. The Hall–Kier alpha value is -1.42. The van der Waals surface area contributed by atoms with Crippen LogP contribution in [0.1, 0.15) is 32.3 Å². The van der Waals surface area contributed by atoms with E-state index in [1.165, 1.54) is 6.92 Å². The molecule has 2 atom stereocenters.